The number of fused-ring (bicyclic) bond motifs is 1. The van der Waals surface area contributed by atoms with Crippen molar-refractivity contribution in [1.29, 1.82) is 0 Å². The highest BCUT2D eigenvalue weighted by atomic mass is 15.3. The van der Waals surface area contributed by atoms with E-state index in [9.17, 15) is 0 Å². The molecule has 56 valence electrons. The Hall–Kier alpha value is -1.64. The first-order valence-electron chi connectivity index (χ1n) is 3.39. The van der Waals surface area contributed by atoms with E-state index in [2.05, 4.69) is 0 Å². The van der Waals surface area contributed by atoms with Crippen molar-refractivity contribution in [1.82, 2.24) is 4.68 Å². The number of hydrogen-bond donors (Lipinski definition) is 2. The van der Waals surface area contributed by atoms with Gasteiger partial charge in [0, 0.05) is 17.3 Å². The molecule has 1 aromatic heterocycles. The van der Waals surface area contributed by atoms with E-state index >= 15 is 0 Å². The second-order valence-corrected chi connectivity index (χ2v) is 2.50. The van der Waals surface area contributed by atoms with Gasteiger partial charge in [-0.15, -0.1) is 0 Å². The third-order valence-electron chi connectivity index (χ3n) is 1.80. The molecule has 0 aliphatic heterocycles. The van der Waals surface area contributed by atoms with Gasteiger partial charge in [-0.3, -0.25) is 4.68 Å². The minimum Gasteiger partial charge on any atom is -0.398 e. The van der Waals surface area contributed by atoms with Gasteiger partial charge in [0.2, 0.25) is 0 Å². The van der Waals surface area contributed by atoms with Crippen LogP contribution in [-0.2, 0) is 0 Å². The van der Waals surface area contributed by atoms with E-state index in [4.69, 9.17) is 11.6 Å². The predicted octanol–water partition coefficient (Wildman–Crippen LogP) is 0.937. The second-order valence-electron chi connectivity index (χ2n) is 2.50. The van der Waals surface area contributed by atoms with Crippen molar-refractivity contribution in [2.75, 3.05) is 11.6 Å². The van der Waals surface area contributed by atoms with Gasteiger partial charge in [0.05, 0.1) is 5.52 Å². The molecule has 2 aromatic rings. The molecule has 0 aliphatic rings. The number of aromatic nitrogens is 1. The first-order chi connectivity index (χ1) is 5.29. The monoisotopic (exact) mass is 147 g/mol. The highest BCUT2D eigenvalue weighted by molar-refractivity contribution is 5.91. The number of hydrogen-bond acceptors (Lipinski definition) is 2. The SMILES string of the molecule is Nc1cccc2c1ccn2N. The highest BCUT2D eigenvalue weighted by Gasteiger charge is 1.98. The van der Waals surface area contributed by atoms with Crippen LogP contribution in [0.4, 0.5) is 5.69 Å². The summed E-state index contributed by atoms with van der Waals surface area (Å²) in [5.41, 5.74) is 7.43. The van der Waals surface area contributed by atoms with E-state index < -0.39 is 0 Å². The van der Waals surface area contributed by atoms with Gasteiger partial charge in [-0.25, -0.2) is 0 Å². The van der Waals surface area contributed by atoms with E-state index in [1.54, 1.807) is 10.9 Å². The fourth-order valence-electron chi connectivity index (χ4n) is 1.21. The van der Waals surface area contributed by atoms with Crippen LogP contribution in [-0.4, -0.2) is 4.68 Å². The van der Waals surface area contributed by atoms with E-state index in [1.807, 2.05) is 24.3 Å². The number of benzene rings is 1. The molecule has 11 heavy (non-hydrogen) atoms. The fraction of sp³-hybridized carbons (Fsp3) is 0. The maximum absolute atomic E-state index is 5.70. The molecule has 0 fully saturated rings. The van der Waals surface area contributed by atoms with Gasteiger partial charge < -0.3 is 11.6 Å². The number of anilines is 1. The summed E-state index contributed by atoms with van der Waals surface area (Å²) >= 11 is 0. The van der Waals surface area contributed by atoms with Crippen molar-refractivity contribution >= 4 is 16.6 Å². The minimum atomic E-state index is 0.770. The molecular formula is C8H9N3. The molecular weight excluding hydrogens is 138 g/mol. The molecule has 2 rings (SSSR count). The van der Waals surface area contributed by atoms with Crippen LogP contribution in [0.25, 0.3) is 10.9 Å². The molecule has 1 aromatic carbocycles. The summed E-state index contributed by atoms with van der Waals surface area (Å²) in [6, 6.07) is 7.60. The molecule has 0 atom stereocenters. The zero-order valence-electron chi connectivity index (χ0n) is 5.99. The molecule has 3 nitrogen and oxygen atoms in total. The lowest BCUT2D eigenvalue weighted by Crippen LogP contribution is -2.04. The largest absolute Gasteiger partial charge is 0.398 e. The summed E-state index contributed by atoms with van der Waals surface area (Å²) in [4.78, 5) is 0. The average molecular weight is 147 g/mol. The number of nitrogens with two attached hydrogens (primary N) is 2. The zero-order chi connectivity index (χ0) is 7.84. The topological polar surface area (TPSA) is 57.0 Å². The summed E-state index contributed by atoms with van der Waals surface area (Å²) in [5, 5.41) is 1.01. The van der Waals surface area contributed by atoms with Crippen LogP contribution in [0.15, 0.2) is 30.5 Å². The third-order valence-corrected chi connectivity index (χ3v) is 1.80. The summed E-state index contributed by atoms with van der Waals surface area (Å²) in [6.07, 6.45) is 1.79. The molecule has 0 radical (unpaired) electrons. The Labute approximate surface area is 64.2 Å². The second kappa shape index (κ2) is 1.92. The lowest BCUT2D eigenvalue weighted by Gasteiger charge is -1.97. The van der Waals surface area contributed by atoms with Gasteiger partial charge in [-0.1, -0.05) is 6.07 Å². The Morgan fingerprint density at radius 2 is 2.00 bits per heavy atom. The van der Waals surface area contributed by atoms with Crippen molar-refractivity contribution in [3.8, 4) is 0 Å². The Morgan fingerprint density at radius 1 is 1.18 bits per heavy atom. The average Bonchev–Trinajstić information content (AvgIpc) is 2.35. The quantitative estimate of drug-likeness (QED) is 0.430. The van der Waals surface area contributed by atoms with Crippen molar-refractivity contribution in [3.63, 3.8) is 0 Å². The molecule has 0 saturated heterocycles. The minimum absolute atomic E-state index is 0.770. The molecule has 0 bridgehead atoms. The summed E-state index contributed by atoms with van der Waals surface area (Å²) < 4.78 is 1.56. The summed E-state index contributed by atoms with van der Waals surface area (Å²) in [7, 11) is 0. The fourth-order valence-corrected chi connectivity index (χ4v) is 1.21. The standard InChI is InChI=1S/C8H9N3/c9-7-2-1-3-8-6(7)4-5-11(8)10/h1-5H,9-10H2. The molecule has 0 saturated carbocycles. The van der Waals surface area contributed by atoms with Crippen LogP contribution in [0.5, 0.6) is 0 Å². The van der Waals surface area contributed by atoms with Crippen molar-refractivity contribution in [2.24, 2.45) is 0 Å². The lowest BCUT2D eigenvalue weighted by molar-refractivity contribution is 1.07. The molecule has 0 unspecified atom stereocenters. The molecule has 3 heteroatoms. The van der Waals surface area contributed by atoms with Crippen LogP contribution in [0, 0.1) is 0 Å². The van der Waals surface area contributed by atoms with Gasteiger partial charge in [0.1, 0.15) is 0 Å². The normalized spacial score (nSPS) is 10.5. The van der Waals surface area contributed by atoms with Crippen LogP contribution >= 0.6 is 0 Å². The summed E-state index contributed by atoms with van der Waals surface area (Å²) in [5.74, 6) is 5.61. The van der Waals surface area contributed by atoms with Crippen LogP contribution in [0.3, 0.4) is 0 Å². The van der Waals surface area contributed by atoms with E-state index in [0.717, 1.165) is 16.6 Å². The van der Waals surface area contributed by atoms with Crippen LogP contribution in [0.2, 0.25) is 0 Å². The number of rotatable bonds is 0. The Kier molecular flexibility index (Phi) is 1.06. The van der Waals surface area contributed by atoms with Crippen molar-refractivity contribution < 1.29 is 0 Å². The van der Waals surface area contributed by atoms with E-state index in [-0.39, 0.29) is 0 Å². The summed E-state index contributed by atoms with van der Waals surface area (Å²) in [6.45, 7) is 0. The maximum atomic E-state index is 5.70. The Morgan fingerprint density at radius 3 is 2.73 bits per heavy atom. The Balaban J connectivity index is 2.94. The lowest BCUT2D eigenvalue weighted by atomic mass is 10.2. The Bertz CT molecular complexity index is 389. The zero-order valence-corrected chi connectivity index (χ0v) is 5.99. The van der Waals surface area contributed by atoms with Crippen LogP contribution in [0.1, 0.15) is 0 Å². The van der Waals surface area contributed by atoms with E-state index in [1.165, 1.54) is 0 Å². The molecule has 0 aliphatic carbocycles. The van der Waals surface area contributed by atoms with Gasteiger partial charge >= 0.3 is 0 Å². The molecule has 0 amide bonds. The number of nitrogens with zero attached hydrogens (tertiary/aromatic N) is 1. The maximum Gasteiger partial charge on any atom is 0.0710 e. The van der Waals surface area contributed by atoms with Crippen molar-refractivity contribution in [3.05, 3.63) is 30.5 Å². The first kappa shape index (κ1) is 6.09. The van der Waals surface area contributed by atoms with Gasteiger partial charge in [-0.2, -0.15) is 0 Å². The van der Waals surface area contributed by atoms with Crippen molar-refractivity contribution in [2.45, 2.75) is 0 Å². The molecule has 4 N–H and O–H groups in total. The van der Waals surface area contributed by atoms with Gasteiger partial charge in [0.15, 0.2) is 0 Å². The van der Waals surface area contributed by atoms with Gasteiger partial charge in [0.25, 0.3) is 0 Å². The first-order valence-corrected chi connectivity index (χ1v) is 3.39. The highest BCUT2D eigenvalue weighted by Crippen LogP contribution is 2.19. The molecule has 0 spiro atoms. The van der Waals surface area contributed by atoms with Crippen LogP contribution < -0.4 is 11.6 Å². The van der Waals surface area contributed by atoms with E-state index in [0.29, 0.717) is 0 Å². The molecule has 1 heterocycles. The number of nitrogen functional groups attached to an aromatic ring is 2. The third kappa shape index (κ3) is 0.741. The smallest absolute Gasteiger partial charge is 0.0710 e. The van der Waals surface area contributed by atoms with Gasteiger partial charge in [-0.05, 0) is 18.2 Å². The predicted molar refractivity (Wildman–Crippen MR) is 46.5 cm³/mol.